The fraction of sp³-hybridized carbons (Fsp3) is 0.267. The highest BCUT2D eigenvalue weighted by molar-refractivity contribution is 5.54. The third kappa shape index (κ3) is 3.32. The molecule has 1 heterocycles. The van der Waals surface area contributed by atoms with Crippen molar-refractivity contribution in [1.82, 2.24) is 4.57 Å². The van der Waals surface area contributed by atoms with Gasteiger partial charge in [0.2, 0.25) is 0 Å². The van der Waals surface area contributed by atoms with Gasteiger partial charge in [-0.05, 0) is 18.2 Å². The average molecular weight is 274 g/mol. The molecular weight excluding hydrogens is 256 g/mol. The Hall–Kier alpha value is -2.43. The second-order valence-electron chi connectivity index (χ2n) is 4.23. The van der Waals surface area contributed by atoms with Gasteiger partial charge in [-0.15, -0.1) is 0 Å². The van der Waals surface area contributed by atoms with Crippen LogP contribution in [0.15, 0.2) is 47.4 Å². The summed E-state index contributed by atoms with van der Waals surface area (Å²) < 4.78 is 12.1. The number of aromatic nitrogens is 1. The molecule has 0 bridgehead atoms. The molecule has 1 aromatic carbocycles. The lowest BCUT2D eigenvalue weighted by atomic mass is 10.2. The summed E-state index contributed by atoms with van der Waals surface area (Å²) in [6.45, 7) is 1.26. The molecule has 2 rings (SSSR count). The van der Waals surface area contributed by atoms with Gasteiger partial charge in [0.25, 0.3) is 5.56 Å². The van der Waals surface area contributed by atoms with E-state index in [1.807, 2.05) is 24.3 Å². The first kappa shape index (κ1) is 14.0. The molecule has 0 aliphatic carbocycles. The smallest absolute Gasteiger partial charge is 0.250 e. The van der Waals surface area contributed by atoms with E-state index in [2.05, 4.69) is 5.32 Å². The van der Waals surface area contributed by atoms with Crippen molar-refractivity contribution in [3.8, 4) is 11.5 Å². The molecule has 0 fully saturated rings. The second-order valence-corrected chi connectivity index (χ2v) is 4.23. The molecule has 0 aliphatic rings. The first-order valence-corrected chi connectivity index (χ1v) is 6.36. The minimum absolute atomic E-state index is 0.00149. The average Bonchev–Trinajstić information content (AvgIpc) is 2.49. The summed E-state index contributed by atoms with van der Waals surface area (Å²) in [6.07, 6.45) is 1.78. The van der Waals surface area contributed by atoms with Gasteiger partial charge in [0.15, 0.2) is 11.5 Å². The summed E-state index contributed by atoms with van der Waals surface area (Å²) in [7, 11) is 3.21. The quantitative estimate of drug-likeness (QED) is 0.875. The van der Waals surface area contributed by atoms with Crippen LogP contribution in [0.3, 0.4) is 0 Å². The number of pyridine rings is 1. The number of ether oxygens (including phenoxy) is 2. The van der Waals surface area contributed by atoms with Crippen LogP contribution in [0, 0.1) is 0 Å². The minimum Gasteiger partial charge on any atom is -0.493 e. The highest BCUT2D eigenvalue weighted by Crippen LogP contribution is 2.29. The number of rotatable bonds is 6. The predicted octanol–water partition coefficient (Wildman–Crippen LogP) is 1.98. The molecule has 0 saturated carbocycles. The van der Waals surface area contributed by atoms with Crippen LogP contribution in [0.2, 0.25) is 0 Å². The molecule has 0 amide bonds. The third-order valence-electron chi connectivity index (χ3n) is 2.96. The fourth-order valence-electron chi connectivity index (χ4n) is 1.91. The molecule has 1 aromatic heterocycles. The van der Waals surface area contributed by atoms with Crippen LogP contribution < -0.4 is 20.3 Å². The SMILES string of the molecule is COc1ccc(NCCn2ccccc2=O)cc1OC. The van der Waals surface area contributed by atoms with E-state index in [0.29, 0.717) is 24.6 Å². The van der Waals surface area contributed by atoms with E-state index in [0.717, 1.165) is 5.69 Å². The molecule has 20 heavy (non-hydrogen) atoms. The Morgan fingerprint density at radius 2 is 1.90 bits per heavy atom. The normalized spacial score (nSPS) is 10.1. The molecule has 0 unspecified atom stereocenters. The van der Waals surface area contributed by atoms with Gasteiger partial charge < -0.3 is 19.4 Å². The molecule has 0 atom stereocenters. The zero-order valence-electron chi connectivity index (χ0n) is 11.6. The van der Waals surface area contributed by atoms with E-state index >= 15 is 0 Å². The van der Waals surface area contributed by atoms with Crippen LogP contribution in [0.1, 0.15) is 0 Å². The standard InChI is InChI=1S/C15H18N2O3/c1-19-13-7-6-12(11-14(13)20-2)16-8-10-17-9-4-3-5-15(17)18/h3-7,9,11,16H,8,10H2,1-2H3. The van der Waals surface area contributed by atoms with E-state index in [1.165, 1.54) is 0 Å². The number of benzene rings is 1. The highest BCUT2D eigenvalue weighted by Gasteiger charge is 2.04. The summed E-state index contributed by atoms with van der Waals surface area (Å²) in [4.78, 5) is 11.5. The Morgan fingerprint density at radius 3 is 2.60 bits per heavy atom. The van der Waals surface area contributed by atoms with Gasteiger partial charge in [0, 0.05) is 37.1 Å². The summed E-state index contributed by atoms with van der Waals surface area (Å²) >= 11 is 0. The van der Waals surface area contributed by atoms with Gasteiger partial charge in [0.1, 0.15) is 0 Å². The summed E-state index contributed by atoms with van der Waals surface area (Å²) in [6, 6.07) is 10.8. The van der Waals surface area contributed by atoms with Crippen molar-refractivity contribution in [2.75, 3.05) is 26.1 Å². The van der Waals surface area contributed by atoms with Gasteiger partial charge in [-0.2, -0.15) is 0 Å². The Kier molecular flexibility index (Phi) is 4.65. The maximum absolute atomic E-state index is 11.5. The number of nitrogens with zero attached hydrogens (tertiary/aromatic N) is 1. The van der Waals surface area contributed by atoms with E-state index in [4.69, 9.17) is 9.47 Å². The van der Waals surface area contributed by atoms with E-state index in [9.17, 15) is 4.79 Å². The Bertz CT molecular complexity index is 623. The van der Waals surface area contributed by atoms with Gasteiger partial charge in [-0.25, -0.2) is 0 Å². The van der Waals surface area contributed by atoms with E-state index < -0.39 is 0 Å². The molecule has 106 valence electrons. The Balaban J connectivity index is 1.98. The van der Waals surface area contributed by atoms with E-state index in [1.54, 1.807) is 37.1 Å². The predicted molar refractivity (Wildman–Crippen MR) is 78.7 cm³/mol. The molecule has 0 aliphatic heterocycles. The van der Waals surface area contributed by atoms with Crippen molar-refractivity contribution in [3.05, 3.63) is 52.9 Å². The summed E-state index contributed by atoms with van der Waals surface area (Å²) in [5, 5.41) is 3.25. The van der Waals surface area contributed by atoms with Crippen molar-refractivity contribution in [2.24, 2.45) is 0 Å². The van der Waals surface area contributed by atoms with Crippen LogP contribution in [0.25, 0.3) is 0 Å². The van der Waals surface area contributed by atoms with Crippen molar-refractivity contribution in [3.63, 3.8) is 0 Å². The molecule has 0 spiro atoms. The number of hydrogen-bond acceptors (Lipinski definition) is 4. The van der Waals surface area contributed by atoms with Crippen molar-refractivity contribution < 1.29 is 9.47 Å². The van der Waals surface area contributed by atoms with Gasteiger partial charge in [-0.1, -0.05) is 6.07 Å². The van der Waals surface area contributed by atoms with Crippen molar-refractivity contribution in [1.29, 1.82) is 0 Å². The zero-order chi connectivity index (χ0) is 14.4. The topological polar surface area (TPSA) is 52.5 Å². The molecule has 1 N–H and O–H groups in total. The first-order chi connectivity index (χ1) is 9.74. The fourth-order valence-corrected chi connectivity index (χ4v) is 1.91. The molecule has 5 nitrogen and oxygen atoms in total. The van der Waals surface area contributed by atoms with E-state index in [-0.39, 0.29) is 5.56 Å². The zero-order valence-corrected chi connectivity index (χ0v) is 11.6. The maximum atomic E-state index is 11.5. The first-order valence-electron chi connectivity index (χ1n) is 6.36. The molecule has 5 heteroatoms. The molecule has 0 saturated heterocycles. The molecular formula is C15H18N2O3. The number of methoxy groups -OCH3 is 2. The van der Waals surface area contributed by atoms with Crippen LogP contribution in [-0.4, -0.2) is 25.3 Å². The van der Waals surface area contributed by atoms with Crippen LogP contribution in [0.5, 0.6) is 11.5 Å². The third-order valence-corrected chi connectivity index (χ3v) is 2.96. The van der Waals surface area contributed by atoms with Gasteiger partial charge in [-0.3, -0.25) is 4.79 Å². The van der Waals surface area contributed by atoms with Crippen molar-refractivity contribution >= 4 is 5.69 Å². The highest BCUT2D eigenvalue weighted by atomic mass is 16.5. The Morgan fingerprint density at radius 1 is 1.10 bits per heavy atom. The number of anilines is 1. The van der Waals surface area contributed by atoms with Crippen LogP contribution in [-0.2, 0) is 6.54 Å². The largest absolute Gasteiger partial charge is 0.493 e. The number of hydrogen-bond donors (Lipinski definition) is 1. The van der Waals surface area contributed by atoms with Crippen LogP contribution >= 0.6 is 0 Å². The number of nitrogens with one attached hydrogen (secondary N) is 1. The lowest BCUT2D eigenvalue weighted by molar-refractivity contribution is 0.355. The lowest BCUT2D eigenvalue weighted by Gasteiger charge is -2.11. The maximum Gasteiger partial charge on any atom is 0.250 e. The minimum atomic E-state index is 0.00149. The van der Waals surface area contributed by atoms with Crippen LogP contribution in [0.4, 0.5) is 5.69 Å². The summed E-state index contributed by atoms with van der Waals surface area (Å²) in [5.41, 5.74) is 0.924. The summed E-state index contributed by atoms with van der Waals surface area (Å²) in [5.74, 6) is 1.37. The monoisotopic (exact) mass is 274 g/mol. The lowest BCUT2D eigenvalue weighted by Crippen LogP contribution is -2.21. The Labute approximate surface area is 117 Å². The molecule has 0 radical (unpaired) electrons. The second kappa shape index (κ2) is 6.65. The van der Waals surface area contributed by atoms with Gasteiger partial charge in [0.05, 0.1) is 14.2 Å². The van der Waals surface area contributed by atoms with Gasteiger partial charge >= 0.3 is 0 Å². The van der Waals surface area contributed by atoms with Crippen molar-refractivity contribution in [2.45, 2.75) is 6.54 Å². The molecule has 2 aromatic rings.